The molecule has 0 bridgehead atoms. The lowest BCUT2D eigenvalue weighted by molar-refractivity contribution is -0.0288. The van der Waals surface area contributed by atoms with Crippen LogP contribution in [0.2, 0.25) is 0 Å². The molecule has 2 aromatic rings. The van der Waals surface area contributed by atoms with E-state index in [1.807, 2.05) is 6.26 Å². The molecule has 0 amide bonds. The molecule has 3 heterocycles. The number of nitrogens with zero attached hydrogens (tertiary/aromatic N) is 4. The average Bonchev–Trinajstić information content (AvgIpc) is 2.97. The molecule has 8 nitrogen and oxygen atoms in total. The predicted molar refractivity (Wildman–Crippen MR) is 74.0 cm³/mol. The number of hydrogen-bond donors (Lipinski definition) is 3. The van der Waals surface area contributed by atoms with Crippen LogP contribution in [-0.4, -0.2) is 60.1 Å². The standard InChI is InChI=1S/C11H15N5O3S/c1-20-2-5-7(17)8(18)11(19-5)16-4-15-6-9(12)13-3-14-10(6)16/h3-5,7-8,11,17-18H,2H2,1H3,(H2,12,13,14)/t5-,7+,8+,11-/m1/s1. The molecule has 4 N–H and O–H groups in total. The van der Waals surface area contributed by atoms with Crippen LogP contribution in [0.4, 0.5) is 5.82 Å². The Balaban J connectivity index is 1.97. The number of anilines is 1. The second-order valence-electron chi connectivity index (χ2n) is 4.58. The smallest absolute Gasteiger partial charge is 0.167 e. The van der Waals surface area contributed by atoms with E-state index < -0.39 is 24.5 Å². The summed E-state index contributed by atoms with van der Waals surface area (Å²) in [5, 5.41) is 20.2. The van der Waals surface area contributed by atoms with Crippen LogP contribution in [-0.2, 0) is 4.74 Å². The first-order chi connectivity index (χ1) is 9.63. The Morgan fingerprint density at radius 1 is 1.35 bits per heavy atom. The second kappa shape index (κ2) is 5.17. The Bertz CT molecular complexity index is 621. The van der Waals surface area contributed by atoms with Gasteiger partial charge in [-0.3, -0.25) is 4.57 Å². The molecule has 2 aromatic heterocycles. The van der Waals surface area contributed by atoms with Crippen molar-refractivity contribution in [3.63, 3.8) is 0 Å². The fourth-order valence-electron chi connectivity index (χ4n) is 2.32. The highest BCUT2D eigenvalue weighted by atomic mass is 32.2. The number of thioether (sulfide) groups is 1. The van der Waals surface area contributed by atoms with Gasteiger partial charge in [0.15, 0.2) is 17.7 Å². The third kappa shape index (κ3) is 2.03. The number of aromatic nitrogens is 4. The summed E-state index contributed by atoms with van der Waals surface area (Å²) in [6.45, 7) is 0. The maximum atomic E-state index is 10.1. The van der Waals surface area contributed by atoms with Crippen LogP contribution in [0.25, 0.3) is 11.2 Å². The Morgan fingerprint density at radius 2 is 2.15 bits per heavy atom. The first-order valence-corrected chi connectivity index (χ1v) is 7.46. The molecule has 20 heavy (non-hydrogen) atoms. The number of ether oxygens (including phenoxy) is 1. The number of rotatable bonds is 3. The molecule has 4 atom stereocenters. The van der Waals surface area contributed by atoms with Gasteiger partial charge in [0.2, 0.25) is 0 Å². The third-order valence-corrected chi connectivity index (χ3v) is 3.99. The second-order valence-corrected chi connectivity index (χ2v) is 5.50. The van der Waals surface area contributed by atoms with Gasteiger partial charge in [-0.1, -0.05) is 0 Å². The van der Waals surface area contributed by atoms with Crippen molar-refractivity contribution in [3.8, 4) is 0 Å². The van der Waals surface area contributed by atoms with Gasteiger partial charge in [-0.05, 0) is 6.26 Å². The van der Waals surface area contributed by atoms with Crippen LogP contribution in [0.3, 0.4) is 0 Å². The first kappa shape index (κ1) is 13.6. The number of fused-ring (bicyclic) bond motifs is 1. The van der Waals surface area contributed by atoms with Crippen LogP contribution in [0.15, 0.2) is 12.7 Å². The minimum absolute atomic E-state index is 0.266. The number of imidazole rings is 1. The fraction of sp³-hybridized carbons (Fsp3) is 0.545. The quantitative estimate of drug-likeness (QED) is 0.686. The minimum Gasteiger partial charge on any atom is -0.387 e. The lowest BCUT2D eigenvalue weighted by Gasteiger charge is -2.16. The summed E-state index contributed by atoms with van der Waals surface area (Å²) in [4.78, 5) is 12.1. The molecule has 0 saturated carbocycles. The average molecular weight is 297 g/mol. The Hall–Kier alpha value is -1.42. The van der Waals surface area contributed by atoms with Gasteiger partial charge >= 0.3 is 0 Å². The highest BCUT2D eigenvalue weighted by Crippen LogP contribution is 2.32. The fourth-order valence-corrected chi connectivity index (χ4v) is 2.92. The number of aliphatic hydroxyl groups is 2. The van der Waals surface area contributed by atoms with E-state index in [-0.39, 0.29) is 5.82 Å². The Morgan fingerprint density at radius 3 is 2.90 bits per heavy atom. The van der Waals surface area contributed by atoms with Gasteiger partial charge in [0, 0.05) is 5.75 Å². The molecule has 0 unspecified atom stereocenters. The van der Waals surface area contributed by atoms with E-state index in [9.17, 15) is 10.2 Å². The van der Waals surface area contributed by atoms with E-state index in [0.29, 0.717) is 16.9 Å². The molecular formula is C11H15N5O3S. The van der Waals surface area contributed by atoms with Crippen LogP contribution in [0.5, 0.6) is 0 Å². The molecule has 108 valence electrons. The maximum Gasteiger partial charge on any atom is 0.167 e. The number of nitrogen functional groups attached to an aromatic ring is 1. The van der Waals surface area contributed by atoms with Crippen LogP contribution < -0.4 is 5.73 Å². The van der Waals surface area contributed by atoms with Crippen molar-refractivity contribution in [1.29, 1.82) is 0 Å². The van der Waals surface area contributed by atoms with Gasteiger partial charge in [-0.15, -0.1) is 0 Å². The van der Waals surface area contributed by atoms with Crippen molar-refractivity contribution in [2.75, 3.05) is 17.7 Å². The zero-order valence-electron chi connectivity index (χ0n) is 10.7. The van der Waals surface area contributed by atoms with Crippen molar-refractivity contribution in [3.05, 3.63) is 12.7 Å². The molecule has 1 fully saturated rings. The van der Waals surface area contributed by atoms with Crippen molar-refractivity contribution in [2.24, 2.45) is 0 Å². The normalized spacial score (nSPS) is 30.1. The van der Waals surface area contributed by atoms with Gasteiger partial charge in [-0.2, -0.15) is 11.8 Å². The Kier molecular flexibility index (Phi) is 3.50. The molecule has 1 aliphatic heterocycles. The van der Waals surface area contributed by atoms with E-state index in [2.05, 4.69) is 15.0 Å². The molecule has 1 saturated heterocycles. The summed E-state index contributed by atoms with van der Waals surface area (Å²) >= 11 is 1.54. The number of hydrogen-bond acceptors (Lipinski definition) is 8. The lowest BCUT2D eigenvalue weighted by atomic mass is 10.1. The zero-order valence-corrected chi connectivity index (χ0v) is 11.6. The van der Waals surface area contributed by atoms with Gasteiger partial charge < -0.3 is 20.7 Å². The molecule has 9 heteroatoms. The van der Waals surface area contributed by atoms with Crippen LogP contribution in [0.1, 0.15) is 6.23 Å². The summed E-state index contributed by atoms with van der Waals surface area (Å²) in [5.74, 6) is 0.862. The van der Waals surface area contributed by atoms with E-state index in [0.717, 1.165) is 0 Å². The summed E-state index contributed by atoms with van der Waals surface area (Å²) in [6.07, 6.45) is 1.58. The molecular weight excluding hydrogens is 282 g/mol. The summed E-state index contributed by atoms with van der Waals surface area (Å²) < 4.78 is 7.29. The maximum absolute atomic E-state index is 10.1. The van der Waals surface area contributed by atoms with Crippen molar-refractivity contribution < 1.29 is 14.9 Å². The van der Waals surface area contributed by atoms with Crippen LogP contribution in [0, 0.1) is 0 Å². The van der Waals surface area contributed by atoms with E-state index in [1.54, 1.807) is 16.3 Å². The monoisotopic (exact) mass is 297 g/mol. The first-order valence-electron chi connectivity index (χ1n) is 6.07. The van der Waals surface area contributed by atoms with Gasteiger partial charge in [-0.25, -0.2) is 15.0 Å². The molecule has 3 rings (SSSR count). The highest BCUT2D eigenvalue weighted by molar-refractivity contribution is 7.98. The van der Waals surface area contributed by atoms with Crippen LogP contribution >= 0.6 is 11.8 Å². The topological polar surface area (TPSA) is 119 Å². The van der Waals surface area contributed by atoms with Gasteiger partial charge in [0.05, 0.1) is 12.4 Å². The lowest BCUT2D eigenvalue weighted by Crippen LogP contribution is -2.32. The highest BCUT2D eigenvalue weighted by Gasteiger charge is 2.43. The van der Waals surface area contributed by atoms with Gasteiger partial charge in [0.1, 0.15) is 24.1 Å². The Labute approximate surface area is 119 Å². The van der Waals surface area contributed by atoms with E-state index in [4.69, 9.17) is 10.5 Å². The third-order valence-electron chi connectivity index (χ3n) is 3.33. The molecule has 0 aliphatic carbocycles. The molecule has 0 aromatic carbocycles. The zero-order chi connectivity index (χ0) is 14.3. The molecule has 0 radical (unpaired) electrons. The van der Waals surface area contributed by atoms with Crippen molar-refractivity contribution in [1.82, 2.24) is 19.5 Å². The minimum atomic E-state index is -1.04. The summed E-state index contributed by atoms with van der Waals surface area (Å²) in [6, 6.07) is 0. The summed E-state index contributed by atoms with van der Waals surface area (Å²) in [5.41, 5.74) is 6.64. The summed E-state index contributed by atoms with van der Waals surface area (Å²) in [7, 11) is 0. The molecule has 0 spiro atoms. The van der Waals surface area contributed by atoms with Crippen molar-refractivity contribution in [2.45, 2.75) is 24.5 Å². The van der Waals surface area contributed by atoms with Crippen molar-refractivity contribution >= 4 is 28.7 Å². The SMILES string of the molecule is CSC[C@H]1O[C@@H](n2cnc3c(N)ncnc32)[C@@H](O)[C@H]1O. The van der Waals surface area contributed by atoms with Gasteiger partial charge in [0.25, 0.3) is 0 Å². The largest absolute Gasteiger partial charge is 0.387 e. The predicted octanol–water partition coefficient (Wildman–Crippen LogP) is -0.609. The molecule has 1 aliphatic rings. The van der Waals surface area contributed by atoms with E-state index in [1.165, 1.54) is 12.7 Å². The van der Waals surface area contributed by atoms with E-state index >= 15 is 0 Å². The number of aliphatic hydroxyl groups excluding tert-OH is 2. The number of nitrogens with two attached hydrogens (primary N) is 1.